The van der Waals surface area contributed by atoms with Crippen LogP contribution in [0.15, 0.2) is 48.7 Å². The summed E-state index contributed by atoms with van der Waals surface area (Å²) in [6, 6.07) is 9.39. The Labute approximate surface area is 234 Å². The summed E-state index contributed by atoms with van der Waals surface area (Å²) in [4.78, 5) is 17.5. The Hall–Kier alpha value is -3.04. The van der Waals surface area contributed by atoms with Gasteiger partial charge in [-0.2, -0.15) is 13.2 Å². The van der Waals surface area contributed by atoms with Crippen molar-refractivity contribution in [1.29, 1.82) is 0 Å². The molecule has 3 heterocycles. The van der Waals surface area contributed by atoms with Crippen molar-refractivity contribution in [3.63, 3.8) is 0 Å². The molecular weight excluding hydrogens is 517 g/mol. The lowest BCUT2D eigenvalue weighted by Gasteiger charge is -2.49. The van der Waals surface area contributed by atoms with Gasteiger partial charge in [-0.25, -0.2) is 5.01 Å². The zero-order valence-corrected chi connectivity index (χ0v) is 23.6. The number of carbonyl (C=O) groups is 1. The predicted molar refractivity (Wildman–Crippen MR) is 149 cm³/mol. The summed E-state index contributed by atoms with van der Waals surface area (Å²) in [5, 5.41) is 4.40. The summed E-state index contributed by atoms with van der Waals surface area (Å²) in [6.07, 6.45) is 3.95. The van der Waals surface area contributed by atoms with Crippen LogP contribution in [0.1, 0.15) is 64.3 Å². The number of piperazine rings is 1. The van der Waals surface area contributed by atoms with Crippen molar-refractivity contribution in [2.45, 2.75) is 57.8 Å². The van der Waals surface area contributed by atoms with Gasteiger partial charge in [0.25, 0.3) is 5.91 Å². The van der Waals surface area contributed by atoms with Gasteiger partial charge in [0.1, 0.15) is 5.75 Å². The van der Waals surface area contributed by atoms with Gasteiger partial charge in [-0.1, -0.05) is 12.1 Å². The topological polar surface area (TPSA) is 39.3 Å². The number of hydrogen-bond donors (Lipinski definition) is 0. The second-order valence-electron chi connectivity index (χ2n) is 11.2. The molecule has 6 nitrogen and oxygen atoms in total. The normalized spacial score (nSPS) is 22.1. The highest BCUT2D eigenvalue weighted by Gasteiger charge is 2.38. The second kappa shape index (κ2) is 11.8. The van der Waals surface area contributed by atoms with Gasteiger partial charge in [0, 0.05) is 70.0 Å². The van der Waals surface area contributed by atoms with Gasteiger partial charge >= 0.3 is 6.18 Å². The van der Waals surface area contributed by atoms with Crippen LogP contribution in [0.3, 0.4) is 0 Å². The Morgan fingerprint density at radius 1 is 1.02 bits per heavy atom. The first-order valence-corrected chi connectivity index (χ1v) is 14.2. The Bertz CT molecular complexity index is 1230. The number of likely N-dealkylation sites (N-methyl/N-ethyl adjacent to an activating group) is 1. The molecule has 0 saturated carbocycles. The lowest BCUT2D eigenvalue weighted by Crippen LogP contribution is -2.57. The van der Waals surface area contributed by atoms with Crippen molar-refractivity contribution in [2.75, 3.05) is 46.4 Å². The molecule has 3 aliphatic heterocycles. The van der Waals surface area contributed by atoms with E-state index in [1.807, 2.05) is 0 Å². The molecule has 3 aliphatic rings. The molecule has 40 heavy (non-hydrogen) atoms. The van der Waals surface area contributed by atoms with Crippen molar-refractivity contribution in [1.82, 2.24) is 19.8 Å². The summed E-state index contributed by atoms with van der Waals surface area (Å²) in [7, 11) is 2.08. The number of hydrogen-bond acceptors (Lipinski definition) is 5. The third-order valence-electron chi connectivity index (χ3n) is 8.70. The van der Waals surface area contributed by atoms with Gasteiger partial charge in [-0.3, -0.25) is 9.69 Å². The molecule has 5 rings (SSSR count). The van der Waals surface area contributed by atoms with Crippen LogP contribution in [-0.4, -0.2) is 78.1 Å². The number of ether oxygens (including phenoxy) is 1. The number of amides is 1. The van der Waals surface area contributed by atoms with Crippen LogP contribution < -0.4 is 4.74 Å². The fraction of sp³-hybridized carbons (Fsp3) is 0.516. The minimum atomic E-state index is -4.41. The first kappa shape index (κ1) is 28.5. The highest BCUT2D eigenvalue weighted by atomic mass is 19.4. The van der Waals surface area contributed by atoms with E-state index in [0.29, 0.717) is 25.3 Å². The van der Waals surface area contributed by atoms with E-state index in [4.69, 9.17) is 4.74 Å². The van der Waals surface area contributed by atoms with E-state index in [0.717, 1.165) is 63.2 Å². The lowest BCUT2D eigenvalue weighted by atomic mass is 9.86. The molecule has 2 aromatic rings. The molecule has 0 spiro atoms. The molecule has 2 unspecified atom stereocenters. The monoisotopic (exact) mass is 556 g/mol. The average molecular weight is 557 g/mol. The number of rotatable bonds is 7. The van der Waals surface area contributed by atoms with Crippen LogP contribution in [0.5, 0.6) is 5.75 Å². The lowest BCUT2D eigenvalue weighted by molar-refractivity contribution is -0.137. The Morgan fingerprint density at radius 2 is 1.80 bits per heavy atom. The molecule has 2 aromatic carbocycles. The van der Waals surface area contributed by atoms with Crippen LogP contribution in [-0.2, 0) is 6.18 Å². The molecule has 216 valence electrons. The third kappa shape index (κ3) is 6.00. The van der Waals surface area contributed by atoms with E-state index in [1.54, 1.807) is 4.90 Å². The number of fused-ring (bicyclic) bond motifs is 1. The van der Waals surface area contributed by atoms with E-state index in [9.17, 15) is 18.0 Å². The molecule has 2 saturated heterocycles. The predicted octanol–water partition coefficient (Wildman–Crippen LogP) is 5.82. The van der Waals surface area contributed by atoms with Crippen molar-refractivity contribution in [2.24, 2.45) is 0 Å². The molecule has 2 atom stereocenters. The van der Waals surface area contributed by atoms with E-state index < -0.39 is 11.7 Å². The number of piperidine rings is 1. The number of hydrazine groups is 1. The van der Waals surface area contributed by atoms with Crippen molar-refractivity contribution >= 4 is 5.91 Å². The van der Waals surface area contributed by atoms with Crippen LogP contribution in [0.25, 0.3) is 0 Å². The first-order chi connectivity index (χ1) is 19.1. The number of halogens is 3. The highest BCUT2D eigenvalue weighted by Crippen LogP contribution is 2.40. The number of benzene rings is 2. The molecule has 0 aromatic heterocycles. The Balaban J connectivity index is 1.20. The van der Waals surface area contributed by atoms with Crippen LogP contribution in [0.2, 0.25) is 0 Å². The zero-order valence-electron chi connectivity index (χ0n) is 23.6. The third-order valence-corrected chi connectivity index (χ3v) is 8.70. The van der Waals surface area contributed by atoms with Gasteiger partial charge in [-0.15, -0.1) is 0 Å². The van der Waals surface area contributed by atoms with Gasteiger partial charge < -0.3 is 14.6 Å². The summed E-state index contributed by atoms with van der Waals surface area (Å²) in [5.41, 5.74) is 3.32. The van der Waals surface area contributed by atoms with Gasteiger partial charge in [0.2, 0.25) is 0 Å². The average Bonchev–Trinajstić information content (AvgIpc) is 3.36. The SMILES string of the molecule is Cc1c(OCCCN2C=CCN2C)ccc(C2CCCC3CN(C(=O)c4ccc(C(F)(F)F)cc4)CCN32)c1C. The fourth-order valence-corrected chi connectivity index (χ4v) is 6.28. The fourth-order valence-electron chi connectivity index (χ4n) is 6.28. The summed E-state index contributed by atoms with van der Waals surface area (Å²) in [6.45, 7) is 8.76. The van der Waals surface area contributed by atoms with Crippen molar-refractivity contribution < 1.29 is 22.7 Å². The van der Waals surface area contributed by atoms with Crippen molar-refractivity contribution in [3.8, 4) is 5.75 Å². The molecule has 0 radical (unpaired) electrons. The summed E-state index contributed by atoms with van der Waals surface area (Å²) in [5.74, 6) is 0.738. The van der Waals surface area contributed by atoms with E-state index in [-0.39, 0.29) is 18.0 Å². The molecule has 2 fully saturated rings. The maximum Gasteiger partial charge on any atom is 0.416 e. The van der Waals surface area contributed by atoms with Crippen LogP contribution >= 0.6 is 0 Å². The molecular formula is C31H39F3N4O2. The highest BCUT2D eigenvalue weighted by molar-refractivity contribution is 5.94. The Kier molecular flexibility index (Phi) is 8.42. The largest absolute Gasteiger partial charge is 0.493 e. The van der Waals surface area contributed by atoms with Crippen LogP contribution in [0.4, 0.5) is 13.2 Å². The van der Waals surface area contributed by atoms with E-state index >= 15 is 0 Å². The van der Waals surface area contributed by atoms with Gasteiger partial charge in [0.15, 0.2) is 0 Å². The van der Waals surface area contributed by atoms with Gasteiger partial charge in [-0.05, 0) is 80.1 Å². The molecule has 0 bridgehead atoms. The first-order valence-electron chi connectivity index (χ1n) is 14.2. The van der Waals surface area contributed by atoms with Crippen LogP contribution in [0, 0.1) is 13.8 Å². The quantitative estimate of drug-likeness (QED) is 0.402. The second-order valence-corrected chi connectivity index (χ2v) is 11.2. The number of nitrogens with zero attached hydrogens (tertiary/aromatic N) is 4. The molecule has 9 heteroatoms. The standard InChI is InChI=1S/C31H39F3N4O2/c1-22-23(2)29(40-20-6-17-37-16-5-15-35(37)3)14-13-27(22)28-8-4-7-26-21-36(18-19-38(26)28)30(39)24-9-11-25(12-10-24)31(32,33)34/h5,9-14,16,26,28H,4,6-8,15,17-21H2,1-3H3. The van der Waals surface area contributed by atoms with Crippen molar-refractivity contribution in [3.05, 3.63) is 76.5 Å². The maximum absolute atomic E-state index is 13.1. The van der Waals surface area contributed by atoms with E-state index in [1.165, 1.54) is 28.8 Å². The molecule has 0 aliphatic carbocycles. The minimum Gasteiger partial charge on any atom is -0.493 e. The smallest absolute Gasteiger partial charge is 0.416 e. The number of carbonyl (C=O) groups excluding carboxylic acids is 1. The molecule has 1 amide bonds. The Morgan fingerprint density at radius 3 is 2.50 bits per heavy atom. The maximum atomic E-state index is 13.1. The van der Waals surface area contributed by atoms with E-state index in [2.05, 4.69) is 60.2 Å². The summed E-state index contributed by atoms with van der Waals surface area (Å²) >= 11 is 0. The molecule has 0 N–H and O–H groups in total. The minimum absolute atomic E-state index is 0.198. The number of alkyl halides is 3. The zero-order chi connectivity index (χ0) is 28.4. The summed E-state index contributed by atoms with van der Waals surface area (Å²) < 4.78 is 45.0. The van der Waals surface area contributed by atoms with Gasteiger partial charge in [0.05, 0.1) is 12.2 Å².